The molecule has 0 saturated carbocycles. The minimum atomic E-state index is -0.344. The van der Waals surface area contributed by atoms with Crippen molar-refractivity contribution in [2.24, 2.45) is 0 Å². The smallest absolute Gasteiger partial charge is 0.261 e. The normalized spacial score (nSPS) is 12.7. The molecule has 6 heteroatoms. The van der Waals surface area contributed by atoms with Crippen molar-refractivity contribution in [3.8, 4) is 0 Å². The molecule has 0 aliphatic rings. The molecule has 1 aromatic carbocycles. The number of para-hydroxylation sites is 1. The van der Waals surface area contributed by atoms with E-state index in [1.807, 2.05) is 37.4 Å². The molecule has 0 aliphatic heterocycles. The predicted octanol–water partition coefficient (Wildman–Crippen LogP) is 3.51. The quantitative estimate of drug-likeness (QED) is 0.694. The van der Waals surface area contributed by atoms with Gasteiger partial charge in [-0.2, -0.15) is 0 Å². The summed E-state index contributed by atoms with van der Waals surface area (Å²) in [5.74, 6) is 0.577. The average molecular weight is 320 g/mol. The van der Waals surface area contributed by atoms with Crippen LogP contribution in [0, 0.1) is 6.92 Å². The van der Waals surface area contributed by atoms with Gasteiger partial charge in [0.25, 0.3) is 5.56 Å². The Labute approximate surface area is 131 Å². The summed E-state index contributed by atoms with van der Waals surface area (Å²) in [6, 6.07) is 7.33. The Bertz CT molecular complexity index is 853. The molecule has 0 N–H and O–H groups in total. The summed E-state index contributed by atoms with van der Waals surface area (Å²) in [6.45, 7) is 4.16. The van der Waals surface area contributed by atoms with Gasteiger partial charge >= 0.3 is 0 Å². The Balaban J connectivity index is 2.21. The third-order valence-electron chi connectivity index (χ3n) is 3.21. The van der Waals surface area contributed by atoms with Crippen molar-refractivity contribution in [2.75, 3.05) is 0 Å². The molecule has 0 spiro atoms. The SMILES string of the molecule is Cc1csc(Cn2c(C(C)Cl)nc3ccccc3c2=O)n1. The molecule has 0 saturated heterocycles. The van der Waals surface area contributed by atoms with Gasteiger partial charge in [0.2, 0.25) is 0 Å². The Morgan fingerprint density at radius 3 is 2.76 bits per heavy atom. The van der Waals surface area contributed by atoms with Crippen LogP contribution in [-0.4, -0.2) is 14.5 Å². The lowest BCUT2D eigenvalue weighted by molar-refractivity contribution is 0.674. The molecular weight excluding hydrogens is 306 g/mol. The number of aryl methyl sites for hydroxylation is 1. The molecule has 3 aromatic rings. The van der Waals surface area contributed by atoms with Gasteiger partial charge in [0.05, 0.1) is 22.8 Å². The predicted molar refractivity (Wildman–Crippen MR) is 86.2 cm³/mol. The Morgan fingerprint density at radius 1 is 1.33 bits per heavy atom. The molecule has 3 rings (SSSR count). The summed E-state index contributed by atoms with van der Waals surface area (Å²) in [6.07, 6.45) is 0. The molecule has 0 radical (unpaired) electrons. The fourth-order valence-corrected chi connectivity index (χ4v) is 3.18. The molecule has 1 atom stereocenters. The number of benzene rings is 1. The van der Waals surface area contributed by atoms with Crippen molar-refractivity contribution >= 4 is 33.8 Å². The first-order valence-corrected chi connectivity index (χ1v) is 7.92. The van der Waals surface area contributed by atoms with E-state index >= 15 is 0 Å². The molecular formula is C15H14ClN3OS. The maximum absolute atomic E-state index is 12.7. The van der Waals surface area contributed by atoms with Crippen LogP contribution in [0.2, 0.25) is 0 Å². The minimum Gasteiger partial charge on any atom is -0.288 e. The molecule has 2 heterocycles. The van der Waals surface area contributed by atoms with Gasteiger partial charge in [-0.3, -0.25) is 9.36 Å². The summed E-state index contributed by atoms with van der Waals surface area (Å²) >= 11 is 7.75. The van der Waals surface area contributed by atoms with Crippen molar-refractivity contribution in [2.45, 2.75) is 25.8 Å². The van der Waals surface area contributed by atoms with Crippen LogP contribution >= 0.6 is 22.9 Å². The van der Waals surface area contributed by atoms with Gasteiger partial charge in [-0.15, -0.1) is 22.9 Å². The van der Waals surface area contributed by atoms with E-state index in [9.17, 15) is 4.79 Å². The number of alkyl halides is 1. The summed E-state index contributed by atoms with van der Waals surface area (Å²) < 4.78 is 1.62. The van der Waals surface area contributed by atoms with Crippen LogP contribution in [0.3, 0.4) is 0 Å². The molecule has 21 heavy (non-hydrogen) atoms. The lowest BCUT2D eigenvalue weighted by atomic mass is 10.2. The summed E-state index contributed by atoms with van der Waals surface area (Å²) in [7, 11) is 0. The first kappa shape index (κ1) is 14.2. The van der Waals surface area contributed by atoms with E-state index in [1.165, 1.54) is 11.3 Å². The number of fused-ring (bicyclic) bond motifs is 1. The van der Waals surface area contributed by atoms with Gasteiger partial charge in [-0.05, 0) is 26.0 Å². The molecule has 0 fully saturated rings. The van der Waals surface area contributed by atoms with Gasteiger partial charge in [0.15, 0.2) is 0 Å². The van der Waals surface area contributed by atoms with Crippen molar-refractivity contribution in [1.29, 1.82) is 0 Å². The number of nitrogens with zero attached hydrogens (tertiary/aromatic N) is 3. The average Bonchev–Trinajstić information content (AvgIpc) is 2.87. The number of aromatic nitrogens is 3. The van der Waals surface area contributed by atoms with Gasteiger partial charge in [-0.25, -0.2) is 9.97 Å². The second kappa shape index (κ2) is 5.58. The van der Waals surface area contributed by atoms with E-state index in [0.29, 0.717) is 23.3 Å². The highest BCUT2D eigenvalue weighted by Crippen LogP contribution is 2.20. The lowest BCUT2D eigenvalue weighted by Crippen LogP contribution is -2.26. The van der Waals surface area contributed by atoms with Crippen LogP contribution in [0.25, 0.3) is 10.9 Å². The number of halogens is 1. The van der Waals surface area contributed by atoms with Crippen molar-refractivity contribution in [3.05, 3.63) is 56.5 Å². The Hall–Kier alpha value is -1.72. The van der Waals surface area contributed by atoms with Gasteiger partial charge in [0.1, 0.15) is 10.8 Å². The molecule has 108 valence electrons. The third-order valence-corrected chi connectivity index (χ3v) is 4.35. The summed E-state index contributed by atoms with van der Waals surface area (Å²) in [5, 5.41) is 3.11. The number of thiazole rings is 1. The van der Waals surface area contributed by atoms with Gasteiger partial charge < -0.3 is 0 Å². The first-order valence-electron chi connectivity index (χ1n) is 6.61. The van der Waals surface area contributed by atoms with E-state index in [4.69, 9.17) is 11.6 Å². The first-order chi connectivity index (χ1) is 10.1. The Kier molecular flexibility index (Phi) is 3.78. The zero-order valence-corrected chi connectivity index (χ0v) is 13.3. The lowest BCUT2D eigenvalue weighted by Gasteiger charge is -2.13. The zero-order valence-electron chi connectivity index (χ0n) is 11.7. The van der Waals surface area contributed by atoms with Crippen LogP contribution in [0.1, 0.15) is 28.8 Å². The third kappa shape index (κ3) is 2.71. The van der Waals surface area contributed by atoms with Crippen LogP contribution in [0.5, 0.6) is 0 Å². The van der Waals surface area contributed by atoms with Crippen molar-refractivity contribution in [3.63, 3.8) is 0 Å². The molecule has 2 aromatic heterocycles. The van der Waals surface area contributed by atoms with E-state index in [0.717, 1.165) is 10.7 Å². The largest absolute Gasteiger partial charge is 0.288 e. The van der Waals surface area contributed by atoms with E-state index in [1.54, 1.807) is 10.6 Å². The van der Waals surface area contributed by atoms with Gasteiger partial charge in [-0.1, -0.05) is 12.1 Å². The van der Waals surface area contributed by atoms with Crippen molar-refractivity contribution in [1.82, 2.24) is 14.5 Å². The van der Waals surface area contributed by atoms with E-state index in [-0.39, 0.29) is 10.9 Å². The topological polar surface area (TPSA) is 47.8 Å². The second-order valence-corrected chi connectivity index (χ2v) is 6.47. The van der Waals surface area contributed by atoms with Crippen LogP contribution in [-0.2, 0) is 6.54 Å². The van der Waals surface area contributed by atoms with E-state index < -0.39 is 0 Å². The molecule has 0 aliphatic carbocycles. The second-order valence-electron chi connectivity index (χ2n) is 4.88. The fourth-order valence-electron chi connectivity index (χ4n) is 2.25. The molecule has 4 nitrogen and oxygen atoms in total. The highest BCUT2D eigenvalue weighted by atomic mass is 35.5. The Morgan fingerprint density at radius 2 is 2.10 bits per heavy atom. The van der Waals surface area contributed by atoms with E-state index in [2.05, 4.69) is 9.97 Å². The summed E-state index contributed by atoms with van der Waals surface area (Å²) in [5.41, 5.74) is 1.56. The number of hydrogen-bond donors (Lipinski definition) is 0. The summed E-state index contributed by atoms with van der Waals surface area (Å²) in [4.78, 5) is 21.7. The maximum Gasteiger partial charge on any atom is 0.261 e. The minimum absolute atomic E-state index is 0.0732. The molecule has 1 unspecified atom stereocenters. The van der Waals surface area contributed by atoms with Crippen molar-refractivity contribution < 1.29 is 0 Å². The zero-order chi connectivity index (χ0) is 15.0. The highest BCUT2D eigenvalue weighted by Gasteiger charge is 2.15. The monoisotopic (exact) mass is 319 g/mol. The highest BCUT2D eigenvalue weighted by molar-refractivity contribution is 7.09. The maximum atomic E-state index is 12.7. The van der Waals surface area contributed by atoms with Gasteiger partial charge in [0, 0.05) is 11.1 Å². The molecule has 0 amide bonds. The molecule has 0 bridgehead atoms. The van der Waals surface area contributed by atoms with Crippen LogP contribution in [0.4, 0.5) is 0 Å². The van der Waals surface area contributed by atoms with Crippen LogP contribution < -0.4 is 5.56 Å². The fraction of sp³-hybridized carbons (Fsp3) is 0.267. The number of rotatable bonds is 3. The number of hydrogen-bond acceptors (Lipinski definition) is 4. The standard InChI is InChI=1S/C15H14ClN3OS/c1-9-8-21-13(17-9)7-19-14(10(2)16)18-12-6-4-3-5-11(12)15(19)20/h3-6,8,10H,7H2,1-2H3. The van der Waals surface area contributed by atoms with Crippen LogP contribution in [0.15, 0.2) is 34.4 Å².